The van der Waals surface area contributed by atoms with E-state index in [1.807, 2.05) is 24.3 Å². The van der Waals surface area contributed by atoms with Crippen LogP contribution in [0.2, 0.25) is 0 Å². The Morgan fingerprint density at radius 3 is 2.03 bits per heavy atom. The zero-order valence-corrected chi connectivity index (χ0v) is 21.3. The van der Waals surface area contributed by atoms with Gasteiger partial charge in [-0.25, -0.2) is 9.59 Å². The van der Waals surface area contributed by atoms with Crippen LogP contribution in [0.4, 0.5) is 9.59 Å². The van der Waals surface area contributed by atoms with Crippen LogP contribution in [-0.4, -0.2) is 55.0 Å². The first kappa shape index (κ1) is 29.1. The molecule has 0 fully saturated rings. The third kappa shape index (κ3) is 14.2. The highest BCUT2D eigenvalue weighted by Crippen LogP contribution is 2.11. The molecule has 34 heavy (non-hydrogen) atoms. The number of nitrogens with one attached hydrogen (secondary N) is 3. The number of unbranched alkanes of at least 4 members (excludes halogenated alkanes) is 1. The molecule has 1 radical (unpaired) electrons. The fourth-order valence-corrected chi connectivity index (χ4v) is 2.75. The third-order valence-corrected chi connectivity index (χ3v) is 4.19. The van der Waals surface area contributed by atoms with Gasteiger partial charge in [-0.05, 0) is 85.4 Å². The van der Waals surface area contributed by atoms with E-state index in [0.717, 1.165) is 5.56 Å². The highest BCUT2D eigenvalue weighted by Gasteiger charge is 2.24. The lowest BCUT2D eigenvalue weighted by molar-refractivity contribution is -0.123. The molecule has 0 heterocycles. The van der Waals surface area contributed by atoms with Gasteiger partial charge in [-0.2, -0.15) is 0 Å². The zero-order chi connectivity index (χ0) is 25.8. The Bertz CT molecular complexity index is 781. The summed E-state index contributed by atoms with van der Waals surface area (Å²) < 4.78 is 16.1. The quantitative estimate of drug-likeness (QED) is 0.415. The zero-order valence-electron chi connectivity index (χ0n) is 21.3. The lowest BCUT2D eigenvalue weighted by Gasteiger charge is -2.23. The van der Waals surface area contributed by atoms with E-state index in [0.29, 0.717) is 31.6 Å². The van der Waals surface area contributed by atoms with E-state index in [2.05, 4.69) is 22.9 Å². The van der Waals surface area contributed by atoms with Crippen LogP contribution < -0.4 is 20.7 Å². The SMILES string of the molecule is [CH2]c1ccc(OCCNC(=O)[C@H](CCCCNC(=O)OC(C)(C)C)NC(=O)OC(C)(C)C)cc1. The van der Waals surface area contributed by atoms with E-state index in [1.54, 1.807) is 41.5 Å². The predicted octanol–water partition coefficient (Wildman–Crippen LogP) is 3.95. The van der Waals surface area contributed by atoms with Gasteiger partial charge in [-0.3, -0.25) is 4.79 Å². The molecule has 0 aromatic heterocycles. The molecule has 0 saturated carbocycles. The number of carbonyl (C=O) groups is 3. The fraction of sp³-hybridized carbons (Fsp3) is 0.600. The van der Waals surface area contributed by atoms with E-state index in [4.69, 9.17) is 14.2 Å². The van der Waals surface area contributed by atoms with Crippen molar-refractivity contribution in [1.29, 1.82) is 0 Å². The molecule has 0 aliphatic rings. The van der Waals surface area contributed by atoms with Crippen molar-refractivity contribution < 1.29 is 28.6 Å². The van der Waals surface area contributed by atoms with Gasteiger partial charge < -0.3 is 30.2 Å². The van der Waals surface area contributed by atoms with Crippen LogP contribution in [0.3, 0.4) is 0 Å². The summed E-state index contributed by atoms with van der Waals surface area (Å²) in [6, 6.07) is 6.52. The maximum absolute atomic E-state index is 12.7. The maximum Gasteiger partial charge on any atom is 0.408 e. The van der Waals surface area contributed by atoms with Gasteiger partial charge in [-0.1, -0.05) is 12.1 Å². The highest BCUT2D eigenvalue weighted by molar-refractivity contribution is 5.85. The van der Waals surface area contributed by atoms with Gasteiger partial charge in [0, 0.05) is 6.54 Å². The summed E-state index contributed by atoms with van der Waals surface area (Å²) in [5.41, 5.74) is -0.358. The maximum atomic E-state index is 12.7. The summed E-state index contributed by atoms with van der Waals surface area (Å²) in [5, 5.41) is 8.10. The number of carbonyl (C=O) groups excluding carboxylic acids is 3. The lowest BCUT2D eigenvalue weighted by Crippen LogP contribution is -2.48. The second kappa shape index (κ2) is 13.7. The van der Waals surface area contributed by atoms with E-state index in [9.17, 15) is 14.4 Å². The summed E-state index contributed by atoms with van der Waals surface area (Å²) >= 11 is 0. The smallest absolute Gasteiger partial charge is 0.408 e. The largest absolute Gasteiger partial charge is 0.492 e. The van der Waals surface area contributed by atoms with Gasteiger partial charge in [0.05, 0.1) is 6.54 Å². The number of alkyl carbamates (subject to hydrolysis) is 2. The first-order valence-electron chi connectivity index (χ1n) is 11.5. The van der Waals surface area contributed by atoms with Crippen LogP contribution in [0.25, 0.3) is 0 Å². The van der Waals surface area contributed by atoms with Gasteiger partial charge in [0.1, 0.15) is 29.6 Å². The van der Waals surface area contributed by atoms with Crippen molar-refractivity contribution in [1.82, 2.24) is 16.0 Å². The van der Waals surface area contributed by atoms with Crippen molar-refractivity contribution in [2.75, 3.05) is 19.7 Å². The summed E-state index contributed by atoms with van der Waals surface area (Å²) in [6.07, 6.45) is 0.442. The lowest BCUT2D eigenvalue weighted by atomic mass is 10.1. The minimum atomic E-state index is -0.776. The standard InChI is InChI=1S/C25H40N3O6/c1-18-11-13-19(14-12-18)32-17-16-26-21(29)20(28-23(31)34-25(5,6)7)10-8-9-15-27-22(30)33-24(2,3)4/h11-14,20H,1,8-10,15-17H2,2-7H3,(H,26,29)(H,27,30)(H,28,31)/t20-/m0/s1. The molecule has 0 aliphatic heterocycles. The molecule has 0 spiro atoms. The van der Waals surface area contributed by atoms with Gasteiger partial charge in [-0.15, -0.1) is 0 Å². The molecule has 3 N–H and O–H groups in total. The summed E-state index contributed by atoms with van der Waals surface area (Å²) in [5.74, 6) is 0.352. The van der Waals surface area contributed by atoms with Crippen molar-refractivity contribution in [3.8, 4) is 5.75 Å². The topological polar surface area (TPSA) is 115 Å². The summed E-state index contributed by atoms with van der Waals surface area (Å²) in [7, 11) is 0. The Labute approximate surface area is 203 Å². The first-order valence-corrected chi connectivity index (χ1v) is 11.5. The van der Waals surface area contributed by atoms with Gasteiger partial charge in [0.15, 0.2) is 0 Å². The third-order valence-electron chi connectivity index (χ3n) is 4.19. The number of hydrogen-bond acceptors (Lipinski definition) is 6. The van der Waals surface area contributed by atoms with Crippen LogP contribution in [0.5, 0.6) is 5.75 Å². The van der Waals surface area contributed by atoms with Crippen LogP contribution in [0.15, 0.2) is 24.3 Å². The van der Waals surface area contributed by atoms with Crippen LogP contribution in [0, 0.1) is 6.92 Å². The number of benzene rings is 1. The van der Waals surface area contributed by atoms with Gasteiger partial charge in [0.2, 0.25) is 5.91 Å². The molecule has 3 amide bonds. The normalized spacial score (nSPS) is 12.3. The molecule has 1 aromatic rings. The van der Waals surface area contributed by atoms with Crippen LogP contribution >= 0.6 is 0 Å². The van der Waals surface area contributed by atoms with Crippen molar-refractivity contribution in [2.24, 2.45) is 0 Å². The van der Waals surface area contributed by atoms with E-state index in [1.165, 1.54) is 0 Å². The van der Waals surface area contributed by atoms with Gasteiger partial charge >= 0.3 is 12.2 Å². The predicted molar refractivity (Wildman–Crippen MR) is 131 cm³/mol. The average Bonchev–Trinajstić information content (AvgIpc) is 2.68. The first-order chi connectivity index (χ1) is 15.7. The van der Waals surface area contributed by atoms with Gasteiger partial charge in [0.25, 0.3) is 0 Å². The summed E-state index contributed by atoms with van der Waals surface area (Å²) in [4.78, 5) is 36.6. The molecular weight excluding hydrogens is 438 g/mol. The Kier molecular flexibility index (Phi) is 11.7. The average molecular weight is 479 g/mol. The molecule has 0 saturated heterocycles. The molecule has 0 unspecified atom stereocenters. The Morgan fingerprint density at radius 1 is 0.853 bits per heavy atom. The van der Waals surface area contributed by atoms with E-state index >= 15 is 0 Å². The van der Waals surface area contributed by atoms with E-state index in [-0.39, 0.29) is 19.1 Å². The van der Waals surface area contributed by atoms with Crippen molar-refractivity contribution >= 4 is 18.1 Å². The molecule has 1 atom stereocenters. The molecular formula is C25H40N3O6. The molecule has 1 aromatic carbocycles. The molecule has 0 bridgehead atoms. The monoisotopic (exact) mass is 478 g/mol. The number of rotatable bonds is 11. The highest BCUT2D eigenvalue weighted by atomic mass is 16.6. The second-order valence-electron chi connectivity index (χ2n) is 9.91. The number of ether oxygens (including phenoxy) is 3. The Balaban J connectivity index is 2.49. The molecule has 191 valence electrons. The summed E-state index contributed by atoms with van der Waals surface area (Å²) in [6.45, 7) is 15.4. The van der Waals surface area contributed by atoms with Crippen molar-refractivity contribution in [2.45, 2.75) is 78.0 Å². The minimum Gasteiger partial charge on any atom is -0.492 e. The molecule has 9 nitrogen and oxygen atoms in total. The van der Waals surface area contributed by atoms with Crippen LogP contribution in [-0.2, 0) is 14.3 Å². The minimum absolute atomic E-state index is 0.275. The van der Waals surface area contributed by atoms with Crippen molar-refractivity contribution in [3.05, 3.63) is 36.8 Å². The Hall–Kier alpha value is -2.97. The Morgan fingerprint density at radius 2 is 1.44 bits per heavy atom. The van der Waals surface area contributed by atoms with E-state index < -0.39 is 29.4 Å². The number of amides is 3. The van der Waals surface area contributed by atoms with Crippen molar-refractivity contribution in [3.63, 3.8) is 0 Å². The second-order valence-corrected chi connectivity index (χ2v) is 9.91. The van der Waals surface area contributed by atoms with Crippen LogP contribution in [0.1, 0.15) is 66.4 Å². The molecule has 9 heteroatoms. The number of hydrogen-bond donors (Lipinski definition) is 3. The molecule has 0 aliphatic carbocycles. The molecule has 1 rings (SSSR count). The fourth-order valence-electron chi connectivity index (χ4n) is 2.75.